The molecule has 0 amide bonds. The lowest BCUT2D eigenvalue weighted by Crippen LogP contribution is -2.29. The number of fused-ring (bicyclic) bond motifs is 3. The molecule has 0 heterocycles. The lowest BCUT2D eigenvalue weighted by molar-refractivity contribution is 0.767. The predicted molar refractivity (Wildman–Crippen MR) is 362 cm³/mol. The van der Waals surface area contributed by atoms with Crippen LogP contribution in [0.25, 0.3) is 76.8 Å². The van der Waals surface area contributed by atoms with Gasteiger partial charge in [0.2, 0.25) is 0 Å². The van der Waals surface area contributed by atoms with Crippen molar-refractivity contribution in [2.45, 2.75) is 47.0 Å². The van der Waals surface area contributed by atoms with Crippen LogP contribution in [0.15, 0.2) is 279 Å². The van der Waals surface area contributed by atoms with Gasteiger partial charge in [0, 0.05) is 33.5 Å². The molecule has 0 saturated heterocycles. The minimum Gasteiger partial charge on any atom is -0.310 e. The van der Waals surface area contributed by atoms with Crippen LogP contribution in [0.5, 0.6) is 0 Å². The quantitative estimate of drug-likeness (QED) is 0.119. The molecule has 0 aromatic heterocycles. The van der Waals surface area contributed by atoms with Gasteiger partial charge in [0.15, 0.2) is 0 Å². The monoisotopic (exact) mass is 1090 g/mol. The highest BCUT2D eigenvalue weighted by atomic mass is 15.2. The molecule has 0 bridgehead atoms. The number of aryl methyl sites for hydroxylation is 6. The van der Waals surface area contributed by atoms with E-state index >= 15 is 0 Å². The summed E-state index contributed by atoms with van der Waals surface area (Å²) in [5.74, 6) is 0. The van der Waals surface area contributed by atoms with E-state index in [2.05, 4.69) is 330 Å². The first kappa shape index (κ1) is 51.6. The number of benzene rings is 14. The average Bonchev–Trinajstić information content (AvgIpc) is 1.73. The summed E-state index contributed by atoms with van der Waals surface area (Å²) >= 11 is 0. The highest BCUT2D eigenvalue weighted by molar-refractivity contribution is 6.29. The first-order chi connectivity index (χ1) is 41.6. The summed E-state index contributed by atoms with van der Waals surface area (Å²) in [5, 5.41) is 7.48. The second kappa shape index (κ2) is 20.6. The molecule has 0 radical (unpaired) electrons. The molecule has 2 heteroatoms. The highest BCUT2D eigenvalue weighted by Crippen LogP contribution is 2.57. The van der Waals surface area contributed by atoms with Crippen LogP contribution in [0.2, 0.25) is 0 Å². The Hall–Kier alpha value is -10.3. The first-order valence-corrected chi connectivity index (χ1v) is 29.8. The van der Waals surface area contributed by atoms with Gasteiger partial charge in [-0.15, -0.1) is 0 Å². The molecule has 0 saturated carbocycles. The van der Waals surface area contributed by atoms with Crippen molar-refractivity contribution in [3.05, 3.63) is 335 Å². The fourth-order valence-electron chi connectivity index (χ4n) is 14.4. The molecule has 15 rings (SSSR count). The molecule has 85 heavy (non-hydrogen) atoms. The Labute approximate surface area is 499 Å². The van der Waals surface area contributed by atoms with Crippen molar-refractivity contribution in [2.24, 2.45) is 0 Å². The summed E-state index contributed by atoms with van der Waals surface area (Å²) in [6.07, 6.45) is 0. The van der Waals surface area contributed by atoms with E-state index in [1.807, 2.05) is 0 Å². The minimum absolute atomic E-state index is 0.556. The standard InChI is InChI=1S/C83H64N2/c1-53-21-15-25-59(45-53)69-33-7-9-35-71(69)72-36-10-8-34-70(72)60-26-19-31-65(51-60)84(63-29-17-23-55(3)47-63)79-49-57(5)67-42-44-76-80(50-58(6)68-41-43-75(79)81(67)82(68)76)85(64-30-18-24-56(4)48-64)66-32-20-28-62(52-66)83(61-27-16-22-54(2)46-61)77-39-13-11-37-73(77)74-38-12-14-40-78(74)83/h7-52H,1-6H3. The summed E-state index contributed by atoms with van der Waals surface area (Å²) in [6, 6.07) is 105. The Morgan fingerprint density at radius 1 is 0.247 bits per heavy atom. The number of hydrogen-bond acceptors (Lipinski definition) is 2. The maximum absolute atomic E-state index is 2.53. The molecule has 1 aliphatic carbocycles. The molecular weight excluding hydrogens is 1020 g/mol. The molecule has 0 unspecified atom stereocenters. The second-order valence-electron chi connectivity index (χ2n) is 23.6. The van der Waals surface area contributed by atoms with Gasteiger partial charge >= 0.3 is 0 Å². The average molecular weight is 1090 g/mol. The number of nitrogens with zero attached hydrogens (tertiary/aromatic N) is 2. The molecular formula is C83H64N2. The van der Waals surface area contributed by atoms with Gasteiger partial charge in [0.1, 0.15) is 0 Å². The van der Waals surface area contributed by atoms with Crippen LogP contribution in [0, 0.1) is 41.5 Å². The van der Waals surface area contributed by atoms with Crippen molar-refractivity contribution in [1.82, 2.24) is 0 Å². The van der Waals surface area contributed by atoms with Crippen LogP contribution in [0.1, 0.15) is 55.6 Å². The summed E-state index contributed by atoms with van der Waals surface area (Å²) in [6.45, 7) is 13.4. The van der Waals surface area contributed by atoms with E-state index in [1.54, 1.807) is 0 Å². The van der Waals surface area contributed by atoms with Gasteiger partial charge in [0.05, 0.1) is 16.8 Å². The Morgan fingerprint density at radius 3 is 1.08 bits per heavy atom. The van der Waals surface area contributed by atoms with Gasteiger partial charge in [-0.3, -0.25) is 0 Å². The molecule has 406 valence electrons. The third-order valence-electron chi connectivity index (χ3n) is 18.1. The van der Waals surface area contributed by atoms with Crippen molar-refractivity contribution in [1.29, 1.82) is 0 Å². The van der Waals surface area contributed by atoms with Gasteiger partial charge in [-0.25, -0.2) is 0 Å². The molecule has 0 N–H and O–H groups in total. The highest BCUT2D eigenvalue weighted by Gasteiger charge is 2.46. The predicted octanol–water partition coefficient (Wildman–Crippen LogP) is 22.7. The van der Waals surface area contributed by atoms with Crippen LogP contribution in [-0.2, 0) is 5.41 Å². The third kappa shape index (κ3) is 8.46. The van der Waals surface area contributed by atoms with Crippen molar-refractivity contribution in [2.75, 3.05) is 9.80 Å². The molecule has 0 aliphatic heterocycles. The summed E-state index contributed by atoms with van der Waals surface area (Å²) in [5.41, 5.74) is 28.4. The molecule has 0 spiro atoms. The fourth-order valence-corrected chi connectivity index (χ4v) is 14.4. The van der Waals surface area contributed by atoms with E-state index in [9.17, 15) is 0 Å². The van der Waals surface area contributed by atoms with Crippen molar-refractivity contribution in [3.63, 3.8) is 0 Å². The normalized spacial score (nSPS) is 12.4. The van der Waals surface area contributed by atoms with Crippen LogP contribution in [0.4, 0.5) is 34.1 Å². The zero-order chi connectivity index (χ0) is 57.5. The van der Waals surface area contributed by atoms with Gasteiger partial charge in [-0.1, -0.05) is 230 Å². The lowest BCUT2D eigenvalue weighted by atomic mass is 9.67. The second-order valence-corrected chi connectivity index (χ2v) is 23.6. The van der Waals surface area contributed by atoms with E-state index in [0.717, 1.165) is 39.7 Å². The Morgan fingerprint density at radius 2 is 0.600 bits per heavy atom. The summed E-state index contributed by atoms with van der Waals surface area (Å²) in [7, 11) is 0. The van der Waals surface area contributed by atoms with E-state index in [-0.39, 0.29) is 0 Å². The van der Waals surface area contributed by atoms with Crippen molar-refractivity contribution >= 4 is 66.4 Å². The van der Waals surface area contributed by atoms with Crippen molar-refractivity contribution in [3.8, 4) is 44.5 Å². The fraction of sp³-hybridized carbons (Fsp3) is 0.0843. The van der Waals surface area contributed by atoms with Gasteiger partial charge < -0.3 is 9.80 Å². The van der Waals surface area contributed by atoms with Crippen LogP contribution < -0.4 is 9.80 Å². The number of anilines is 6. The maximum atomic E-state index is 2.53. The van der Waals surface area contributed by atoms with Gasteiger partial charge in [0.25, 0.3) is 0 Å². The van der Waals surface area contributed by atoms with Crippen LogP contribution in [-0.4, -0.2) is 0 Å². The maximum Gasteiger partial charge on any atom is 0.0714 e. The lowest BCUT2D eigenvalue weighted by Gasteiger charge is -2.35. The zero-order valence-electron chi connectivity index (χ0n) is 49.0. The number of hydrogen-bond donors (Lipinski definition) is 0. The van der Waals surface area contributed by atoms with E-state index < -0.39 is 5.41 Å². The zero-order valence-corrected chi connectivity index (χ0v) is 49.0. The van der Waals surface area contributed by atoms with E-state index in [0.29, 0.717) is 0 Å². The topological polar surface area (TPSA) is 6.48 Å². The first-order valence-electron chi connectivity index (χ1n) is 29.8. The largest absolute Gasteiger partial charge is 0.310 e. The Balaban J connectivity index is 0.936. The molecule has 0 atom stereocenters. The van der Waals surface area contributed by atoms with Crippen LogP contribution >= 0.6 is 0 Å². The van der Waals surface area contributed by atoms with Crippen molar-refractivity contribution < 1.29 is 0 Å². The molecule has 14 aromatic carbocycles. The Kier molecular flexibility index (Phi) is 12.5. The van der Waals surface area contributed by atoms with E-state index in [1.165, 1.54) is 127 Å². The number of rotatable bonds is 11. The summed E-state index contributed by atoms with van der Waals surface area (Å²) in [4.78, 5) is 5.03. The van der Waals surface area contributed by atoms with Gasteiger partial charge in [-0.05, 0) is 213 Å². The molecule has 1 aliphatic rings. The Bertz CT molecular complexity index is 4900. The SMILES string of the molecule is Cc1cccc(-c2ccccc2-c2ccccc2-c2cccc(N(c3cccc(C)c3)c3cc(C)c4ccc5c(N(c6cccc(C)c6)c6cccc(C7(c8cccc(C)c8)c8ccccc8-c8ccccc87)c6)cc(C)c6ccc3c4c65)c2)c1. The van der Waals surface area contributed by atoms with Crippen LogP contribution in [0.3, 0.4) is 0 Å². The summed E-state index contributed by atoms with van der Waals surface area (Å²) < 4.78 is 0. The van der Waals surface area contributed by atoms with E-state index in [4.69, 9.17) is 0 Å². The molecule has 0 fully saturated rings. The molecule has 14 aromatic rings. The van der Waals surface area contributed by atoms with Gasteiger partial charge in [-0.2, -0.15) is 0 Å². The minimum atomic E-state index is -0.556. The third-order valence-corrected chi connectivity index (χ3v) is 18.1. The smallest absolute Gasteiger partial charge is 0.0714 e. The molecule has 2 nitrogen and oxygen atoms in total.